The van der Waals surface area contributed by atoms with Crippen molar-refractivity contribution in [2.24, 2.45) is 0 Å². The van der Waals surface area contributed by atoms with E-state index in [0.29, 0.717) is 12.0 Å². The third kappa shape index (κ3) is 6.17. The first-order valence-corrected chi connectivity index (χ1v) is 11.4. The second-order valence-electron chi connectivity index (χ2n) is 7.08. The highest BCUT2D eigenvalue weighted by molar-refractivity contribution is 7.89. The fourth-order valence-electron chi connectivity index (χ4n) is 3.23. The van der Waals surface area contributed by atoms with Gasteiger partial charge in [0.1, 0.15) is 0 Å². The van der Waals surface area contributed by atoms with Crippen molar-refractivity contribution >= 4 is 21.8 Å². The van der Waals surface area contributed by atoms with Crippen LogP contribution < -0.4 is 20.1 Å². The largest absolute Gasteiger partial charge is 0.493 e. The number of amides is 2. The quantitative estimate of drug-likeness (QED) is 0.557. The summed E-state index contributed by atoms with van der Waals surface area (Å²) >= 11 is 0. The molecule has 3 rings (SSSR count). The molecule has 0 radical (unpaired) electrons. The second kappa shape index (κ2) is 10.6. The van der Waals surface area contributed by atoms with Crippen molar-refractivity contribution < 1.29 is 36.3 Å². The van der Waals surface area contributed by atoms with E-state index in [0.717, 1.165) is 4.31 Å². The van der Waals surface area contributed by atoms with Gasteiger partial charge in [-0.1, -0.05) is 6.07 Å². The summed E-state index contributed by atoms with van der Waals surface area (Å²) in [7, 11) is -2.50. The molecule has 2 amide bonds. The summed E-state index contributed by atoms with van der Waals surface area (Å²) in [5.41, 5.74) is 0.903. The molecular weight excluding hydrogens is 460 g/mol. The zero-order chi connectivity index (χ0) is 24.0. The Kier molecular flexibility index (Phi) is 7.82. The highest BCUT2D eigenvalue weighted by atomic mass is 32.2. The van der Waals surface area contributed by atoms with Crippen LogP contribution in [-0.2, 0) is 21.2 Å². The Morgan fingerprint density at radius 1 is 1.18 bits per heavy atom. The number of alkyl halides is 2. The Bertz CT molecular complexity index is 1110. The van der Waals surface area contributed by atoms with Crippen LogP contribution in [0.4, 0.5) is 8.78 Å². The minimum atomic E-state index is -3.84. The van der Waals surface area contributed by atoms with Crippen LogP contribution in [0.1, 0.15) is 15.9 Å². The Morgan fingerprint density at radius 2 is 1.91 bits per heavy atom. The predicted octanol–water partition coefficient (Wildman–Crippen LogP) is 1.39. The van der Waals surface area contributed by atoms with Crippen LogP contribution in [0.15, 0.2) is 47.4 Å². The van der Waals surface area contributed by atoms with Crippen LogP contribution in [0.3, 0.4) is 0 Å². The first kappa shape index (κ1) is 24.4. The van der Waals surface area contributed by atoms with Crippen molar-refractivity contribution in [2.45, 2.75) is 17.9 Å². The number of carbonyl (C=O) groups excluding carboxylic acids is 2. The molecule has 0 aromatic heterocycles. The minimum Gasteiger partial charge on any atom is -0.493 e. The number of nitrogens with zero attached hydrogens (tertiary/aromatic N) is 1. The Hall–Kier alpha value is -3.25. The lowest BCUT2D eigenvalue weighted by molar-refractivity contribution is -0.122. The van der Waals surface area contributed by atoms with Gasteiger partial charge in [0.25, 0.3) is 5.91 Å². The number of piperazine rings is 1. The molecule has 1 aliphatic heterocycles. The maximum atomic E-state index is 12.7. The number of hydrogen-bond donors (Lipinski definition) is 2. The van der Waals surface area contributed by atoms with Crippen LogP contribution in [0.5, 0.6) is 11.5 Å². The van der Waals surface area contributed by atoms with E-state index in [9.17, 15) is 26.8 Å². The molecule has 1 aliphatic rings. The molecule has 1 fully saturated rings. The van der Waals surface area contributed by atoms with Crippen molar-refractivity contribution in [2.75, 3.05) is 33.3 Å². The first-order valence-electron chi connectivity index (χ1n) is 9.97. The Labute approximate surface area is 189 Å². The van der Waals surface area contributed by atoms with E-state index in [1.807, 2.05) is 0 Å². The number of sulfonamides is 1. The summed E-state index contributed by atoms with van der Waals surface area (Å²) in [5.74, 6) is -0.720. The van der Waals surface area contributed by atoms with Crippen LogP contribution in [0.25, 0.3) is 0 Å². The summed E-state index contributed by atoms with van der Waals surface area (Å²) < 4.78 is 60.9. The summed E-state index contributed by atoms with van der Waals surface area (Å²) in [6.07, 6.45) is 0.346. The Morgan fingerprint density at radius 3 is 2.55 bits per heavy atom. The number of hydrogen-bond acceptors (Lipinski definition) is 6. The van der Waals surface area contributed by atoms with E-state index in [4.69, 9.17) is 4.74 Å². The summed E-state index contributed by atoms with van der Waals surface area (Å²) in [6, 6.07) is 9.98. The first-order chi connectivity index (χ1) is 15.7. The number of nitrogens with one attached hydrogen (secondary N) is 2. The average molecular weight is 483 g/mol. The molecule has 9 nitrogen and oxygen atoms in total. The van der Waals surface area contributed by atoms with Gasteiger partial charge in [-0.3, -0.25) is 9.59 Å². The van der Waals surface area contributed by atoms with Gasteiger partial charge >= 0.3 is 6.61 Å². The molecule has 1 saturated heterocycles. The number of ether oxygens (including phenoxy) is 2. The number of halogens is 2. The maximum Gasteiger partial charge on any atom is 0.387 e. The minimum absolute atomic E-state index is 0.0152. The molecule has 178 valence electrons. The van der Waals surface area contributed by atoms with E-state index >= 15 is 0 Å². The molecule has 1 heterocycles. The molecule has 33 heavy (non-hydrogen) atoms. The lowest BCUT2D eigenvalue weighted by atomic mass is 10.1. The SMILES string of the molecule is COc1ccc(CCNC(=O)c2ccc(S(=O)(=O)N3CCNC(=O)C3)cc2)cc1OC(F)F. The monoisotopic (exact) mass is 483 g/mol. The molecular formula is C21H23F2N3O6S. The fourth-order valence-corrected chi connectivity index (χ4v) is 4.63. The third-order valence-corrected chi connectivity index (χ3v) is 6.76. The zero-order valence-corrected chi connectivity index (χ0v) is 18.5. The molecule has 2 N–H and O–H groups in total. The van der Waals surface area contributed by atoms with Crippen molar-refractivity contribution in [3.05, 3.63) is 53.6 Å². The number of benzene rings is 2. The van der Waals surface area contributed by atoms with Gasteiger partial charge in [0.15, 0.2) is 11.5 Å². The lowest BCUT2D eigenvalue weighted by Gasteiger charge is -2.25. The molecule has 0 unspecified atom stereocenters. The molecule has 0 atom stereocenters. The van der Waals surface area contributed by atoms with Gasteiger partial charge in [-0.2, -0.15) is 13.1 Å². The van der Waals surface area contributed by atoms with Gasteiger partial charge in [0.05, 0.1) is 18.6 Å². The lowest BCUT2D eigenvalue weighted by Crippen LogP contribution is -2.49. The normalized spacial score (nSPS) is 14.6. The topological polar surface area (TPSA) is 114 Å². The summed E-state index contributed by atoms with van der Waals surface area (Å²) in [5, 5.41) is 5.26. The van der Waals surface area contributed by atoms with Crippen LogP contribution >= 0.6 is 0 Å². The van der Waals surface area contributed by atoms with Gasteiger partial charge in [0, 0.05) is 25.2 Å². The highest BCUT2D eigenvalue weighted by Gasteiger charge is 2.29. The zero-order valence-electron chi connectivity index (χ0n) is 17.7. The summed E-state index contributed by atoms with van der Waals surface area (Å²) in [4.78, 5) is 23.8. The molecule has 0 aliphatic carbocycles. The van der Waals surface area contributed by atoms with Crippen molar-refractivity contribution in [3.63, 3.8) is 0 Å². The molecule has 0 saturated carbocycles. The van der Waals surface area contributed by atoms with Gasteiger partial charge < -0.3 is 20.1 Å². The Balaban J connectivity index is 1.58. The van der Waals surface area contributed by atoms with E-state index in [2.05, 4.69) is 15.4 Å². The van der Waals surface area contributed by atoms with Crippen LogP contribution in [0.2, 0.25) is 0 Å². The van der Waals surface area contributed by atoms with E-state index < -0.39 is 22.5 Å². The van der Waals surface area contributed by atoms with E-state index in [1.165, 1.54) is 43.5 Å². The molecule has 12 heteroatoms. The third-order valence-electron chi connectivity index (χ3n) is 4.90. The number of rotatable bonds is 9. The predicted molar refractivity (Wildman–Crippen MR) is 114 cm³/mol. The number of methoxy groups -OCH3 is 1. The van der Waals surface area contributed by atoms with Gasteiger partial charge in [0.2, 0.25) is 15.9 Å². The van der Waals surface area contributed by atoms with Crippen molar-refractivity contribution in [1.29, 1.82) is 0 Å². The van der Waals surface area contributed by atoms with Gasteiger partial charge in [-0.05, 0) is 48.4 Å². The van der Waals surface area contributed by atoms with Crippen LogP contribution in [-0.4, -0.2) is 64.4 Å². The van der Waals surface area contributed by atoms with E-state index in [1.54, 1.807) is 6.07 Å². The molecule has 2 aromatic rings. The average Bonchev–Trinajstić information content (AvgIpc) is 2.79. The molecule has 2 aromatic carbocycles. The fraction of sp³-hybridized carbons (Fsp3) is 0.333. The van der Waals surface area contributed by atoms with Crippen molar-refractivity contribution in [1.82, 2.24) is 14.9 Å². The van der Waals surface area contributed by atoms with Gasteiger partial charge in [-0.15, -0.1) is 0 Å². The number of carbonyl (C=O) groups is 2. The smallest absolute Gasteiger partial charge is 0.387 e. The standard InChI is InChI=1S/C21H23F2N3O6S/c1-31-17-7-2-14(12-18(17)32-21(22)23)8-9-25-20(28)15-3-5-16(6-4-15)33(29,30)26-11-10-24-19(27)13-26/h2-7,12,21H,8-11,13H2,1H3,(H,24,27)(H,25,28). The summed E-state index contributed by atoms with van der Waals surface area (Å²) in [6.45, 7) is -2.62. The second-order valence-corrected chi connectivity index (χ2v) is 9.02. The van der Waals surface area contributed by atoms with E-state index in [-0.39, 0.29) is 54.0 Å². The highest BCUT2D eigenvalue weighted by Crippen LogP contribution is 2.29. The molecule has 0 spiro atoms. The molecule has 0 bridgehead atoms. The van der Waals surface area contributed by atoms with Crippen LogP contribution in [0, 0.1) is 0 Å². The van der Waals surface area contributed by atoms with Crippen molar-refractivity contribution in [3.8, 4) is 11.5 Å². The van der Waals surface area contributed by atoms with Gasteiger partial charge in [-0.25, -0.2) is 8.42 Å². The maximum absolute atomic E-state index is 12.7.